The molecule has 0 saturated carbocycles. The molecule has 2 aromatic rings. The zero-order chi connectivity index (χ0) is 16.8. The zero-order valence-corrected chi connectivity index (χ0v) is 15.3. The number of rotatable bonds is 6. The number of hydrogen-bond donors (Lipinski definition) is 2. The van der Waals surface area contributed by atoms with Crippen LogP contribution in [0.4, 0.5) is 17.3 Å². The van der Waals surface area contributed by atoms with Crippen LogP contribution in [0, 0.1) is 6.92 Å². The normalized spacial score (nSPS) is 15.2. The number of nitrogens with zero attached hydrogens (tertiary/aromatic N) is 3. The Morgan fingerprint density at radius 2 is 1.96 bits per heavy atom. The fourth-order valence-corrected chi connectivity index (χ4v) is 3.14. The molecule has 7 heteroatoms. The van der Waals surface area contributed by atoms with Crippen LogP contribution in [0.25, 0.3) is 0 Å². The van der Waals surface area contributed by atoms with Crippen LogP contribution in [0.5, 0.6) is 0 Å². The third-order valence-corrected chi connectivity index (χ3v) is 4.55. The molecule has 2 heterocycles. The maximum absolute atomic E-state index is 5.36. The molecule has 0 bridgehead atoms. The third kappa shape index (κ3) is 4.90. The van der Waals surface area contributed by atoms with Crippen molar-refractivity contribution in [2.45, 2.75) is 6.92 Å². The molecular weight excluding hydrogens is 370 g/mol. The Hall–Kier alpha value is -1.70. The predicted octanol–water partition coefficient (Wildman–Crippen LogP) is 3.04. The van der Waals surface area contributed by atoms with Gasteiger partial charge in [0.25, 0.3) is 0 Å². The standard InChI is InChI=1S/C17H22BrN5O/c1-13-2-3-15(14(18)10-13)22-17-11-16(20-12-21-17)19-4-5-23-6-8-24-9-7-23/h2-3,10-12H,4-9H2,1H3,(H2,19,20,21,22). The summed E-state index contributed by atoms with van der Waals surface area (Å²) in [6.45, 7) is 7.56. The molecule has 3 rings (SSSR count). The molecule has 1 saturated heterocycles. The van der Waals surface area contributed by atoms with Crippen LogP contribution in [0.2, 0.25) is 0 Å². The van der Waals surface area contributed by atoms with Gasteiger partial charge in [-0.05, 0) is 40.5 Å². The lowest BCUT2D eigenvalue weighted by Gasteiger charge is -2.26. The Morgan fingerprint density at radius 1 is 1.17 bits per heavy atom. The van der Waals surface area contributed by atoms with Gasteiger partial charge in [-0.15, -0.1) is 0 Å². The van der Waals surface area contributed by atoms with Crippen molar-refractivity contribution in [3.05, 3.63) is 40.6 Å². The summed E-state index contributed by atoms with van der Waals surface area (Å²) in [7, 11) is 0. The lowest BCUT2D eigenvalue weighted by molar-refractivity contribution is 0.0398. The molecule has 1 fully saturated rings. The molecule has 128 valence electrons. The van der Waals surface area contributed by atoms with Crippen LogP contribution in [-0.4, -0.2) is 54.3 Å². The topological polar surface area (TPSA) is 62.3 Å². The fourth-order valence-electron chi connectivity index (χ4n) is 2.55. The second kappa shape index (κ2) is 8.41. The van der Waals surface area contributed by atoms with Gasteiger partial charge in [-0.2, -0.15) is 0 Å². The summed E-state index contributed by atoms with van der Waals surface area (Å²) >= 11 is 3.57. The van der Waals surface area contributed by atoms with Crippen molar-refractivity contribution < 1.29 is 4.74 Å². The Bertz CT molecular complexity index is 676. The Kier molecular flexibility index (Phi) is 6.01. The summed E-state index contributed by atoms with van der Waals surface area (Å²) < 4.78 is 6.38. The van der Waals surface area contributed by atoms with Gasteiger partial charge >= 0.3 is 0 Å². The van der Waals surface area contributed by atoms with Crippen LogP contribution < -0.4 is 10.6 Å². The van der Waals surface area contributed by atoms with Gasteiger partial charge in [-0.3, -0.25) is 4.90 Å². The second-order valence-electron chi connectivity index (χ2n) is 5.78. The van der Waals surface area contributed by atoms with E-state index < -0.39 is 0 Å². The second-order valence-corrected chi connectivity index (χ2v) is 6.63. The van der Waals surface area contributed by atoms with Crippen molar-refractivity contribution in [1.82, 2.24) is 14.9 Å². The van der Waals surface area contributed by atoms with E-state index in [1.807, 2.05) is 12.1 Å². The average molecular weight is 392 g/mol. The van der Waals surface area contributed by atoms with E-state index in [9.17, 15) is 0 Å². The Morgan fingerprint density at radius 3 is 2.75 bits per heavy atom. The zero-order valence-electron chi connectivity index (χ0n) is 13.8. The van der Waals surface area contributed by atoms with Crippen LogP contribution in [-0.2, 0) is 4.74 Å². The van der Waals surface area contributed by atoms with Crippen molar-refractivity contribution in [2.24, 2.45) is 0 Å². The first-order valence-corrected chi connectivity index (χ1v) is 8.89. The summed E-state index contributed by atoms with van der Waals surface area (Å²) in [5.74, 6) is 1.59. The smallest absolute Gasteiger partial charge is 0.135 e. The van der Waals surface area contributed by atoms with Crippen LogP contribution >= 0.6 is 15.9 Å². The van der Waals surface area contributed by atoms with Gasteiger partial charge < -0.3 is 15.4 Å². The van der Waals surface area contributed by atoms with E-state index in [1.54, 1.807) is 6.33 Å². The SMILES string of the molecule is Cc1ccc(Nc2cc(NCCN3CCOCC3)ncn2)c(Br)c1. The number of aryl methyl sites for hydroxylation is 1. The number of aromatic nitrogens is 2. The van der Waals surface area contributed by atoms with Crippen molar-refractivity contribution in [3.8, 4) is 0 Å². The summed E-state index contributed by atoms with van der Waals surface area (Å²) in [5.41, 5.74) is 2.19. The number of hydrogen-bond acceptors (Lipinski definition) is 6. The highest BCUT2D eigenvalue weighted by Gasteiger charge is 2.09. The van der Waals surface area contributed by atoms with Crippen molar-refractivity contribution in [3.63, 3.8) is 0 Å². The quantitative estimate of drug-likeness (QED) is 0.788. The minimum atomic E-state index is 0.767. The maximum atomic E-state index is 5.36. The summed E-state index contributed by atoms with van der Waals surface area (Å²) in [5, 5.41) is 6.67. The van der Waals surface area contributed by atoms with E-state index in [-0.39, 0.29) is 0 Å². The molecule has 0 amide bonds. The van der Waals surface area contributed by atoms with Gasteiger partial charge in [0.2, 0.25) is 0 Å². The minimum absolute atomic E-state index is 0.767. The fraction of sp³-hybridized carbons (Fsp3) is 0.412. The Balaban J connectivity index is 1.55. The van der Waals surface area contributed by atoms with E-state index in [4.69, 9.17) is 4.74 Å². The number of benzene rings is 1. The molecular formula is C17H22BrN5O. The highest BCUT2D eigenvalue weighted by Crippen LogP contribution is 2.26. The highest BCUT2D eigenvalue weighted by molar-refractivity contribution is 9.10. The molecule has 1 aliphatic heterocycles. The summed E-state index contributed by atoms with van der Waals surface area (Å²) in [6, 6.07) is 8.10. The van der Waals surface area contributed by atoms with Crippen LogP contribution in [0.3, 0.4) is 0 Å². The van der Waals surface area contributed by atoms with E-state index >= 15 is 0 Å². The first-order valence-electron chi connectivity index (χ1n) is 8.10. The van der Waals surface area contributed by atoms with Gasteiger partial charge in [-0.1, -0.05) is 6.07 Å². The lowest BCUT2D eigenvalue weighted by atomic mass is 10.2. The van der Waals surface area contributed by atoms with Gasteiger partial charge in [0, 0.05) is 36.7 Å². The minimum Gasteiger partial charge on any atom is -0.379 e. The maximum Gasteiger partial charge on any atom is 0.135 e. The molecule has 0 spiro atoms. The van der Waals surface area contributed by atoms with Gasteiger partial charge in [0.1, 0.15) is 18.0 Å². The number of anilines is 3. The van der Waals surface area contributed by atoms with Crippen molar-refractivity contribution in [1.29, 1.82) is 0 Å². The van der Waals surface area contributed by atoms with E-state index in [0.717, 1.165) is 61.2 Å². The van der Waals surface area contributed by atoms with E-state index in [0.29, 0.717) is 0 Å². The molecule has 0 atom stereocenters. The van der Waals surface area contributed by atoms with Crippen molar-refractivity contribution in [2.75, 3.05) is 50.0 Å². The van der Waals surface area contributed by atoms with Crippen molar-refractivity contribution >= 4 is 33.3 Å². The molecule has 1 aromatic heterocycles. The number of halogens is 1. The molecule has 24 heavy (non-hydrogen) atoms. The number of ether oxygens (including phenoxy) is 1. The number of morpholine rings is 1. The first kappa shape index (κ1) is 17.1. The summed E-state index contributed by atoms with van der Waals surface area (Å²) in [4.78, 5) is 11.0. The molecule has 0 unspecified atom stereocenters. The lowest BCUT2D eigenvalue weighted by Crippen LogP contribution is -2.39. The van der Waals surface area contributed by atoms with Crippen LogP contribution in [0.1, 0.15) is 5.56 Å². The third-order valence-electron chi connectivity index (χ3n) is 3.89. The van der Waals surface area contributed by atoms with Gasteiger partial charge in [0.15, 0.2) is 0 Å². The van der Waals surface area contributed by atoms with Crippen LogP contribution in [0.15, 0.2) is 35.1 Å². The molecule has 2 N–H and O–H groups in total. The van der Waals surface area contributed by atoms with Gasteiger partial charge in [-0.25, -0.2) is 9.97 Å². The monoisotopic (exact) mass is 391 g/mol. The first-order chi connectivity index (χ1) is 11.7. The van der Waals surface area contributed by atoms with E-state index in [2.05, 4.69) is 60.5 Å². The molecule has 1 aromatic carbocycles. The molecule has 0 aliphatic carbocycles. The van der Waals surface area contributed by atoms with Gasteiger partial charge in [0.05, 0.1) is 18.9 Å². The largest absolute Gasteiger partial charge is 0.379 e. The number of nitrogens with one attached hydrogen (secondary N) is 2. The highest BCUT2D eigenvalue weighted by atomic mass is 79.9. The molecule has 6 nitrogen and oxygen atoms in total. The predicted molar refractivity (Wildman–Crippen MR) is 99.9 cm³/mol. The average Bonchev–Trinajstić information content (AvgIpc) is 2.59. The molecule has 1 aliphatic rings. The molecule has 0 radical (unpaired) electrons. The summed E-state index contributed by atoms with van der Waals surface area (Å²) in [6.07, 6.45) is 1.57. The van der Waals surface area contributed by atoms with E-state index in [1.165, 1.54) is 5.56 Å². The Labute approximate surface area is 150 Å².